The van der Waals surface area contributed by atoms with Crippen molar-refractivity contribution in [1.29, 1.82) is 0 Å². The number of aromatic amines is 1. The normalized spacial score (nSPS) is 13.0. The number of aliphatic hydroxyl groups excluding tert-OH is 2. The van der Waals surface area contributed by atoms with Gasteiger partial charge in [0, 0.05) is 32.8 Å². The van der Waals surface area contributed by atoms with E-state index in [1.54, 1.807) is 0 Å². The predicted octanol–water partition coefficient (Wildman–Crippen LogP) is 4.02. The van der Waals surface area contributed by atoms with Crippen molar-refractivity contribution in [3.05, 3.63) is 57.3 Å². The molecule has 0 spiro atoms. The first-order valence-corrected chi connectivity index (χ1v) is 9.66. The molecule has 0 unspecified atom stereocenters. The van der Waals surface area contributed by atoms with Gasteiger partial charge in [-0.3, -0.25) is 4.79 Å². The third-order valence-electron chi connectivity index (χ3n) is 4.16. The summed E-state index contributed by atoms with van der Waals surface area (Å²) in [4.78, 5) is 15.2. The fraction of sp³-hybridized carbons (Fsp3) is 0.211. The van der Waals surface area contributed by atoms with Crippen LogP contribution in [0.3, 0.4) is 0 Å². The van der Waals surface area contributed by atoms with E-state index in [0.29, 0.717) is 0 Å². The highest BCUT2D eigenvalue weighted by Gasteiger charge is 2.31. The Hall–Kier alpha value is -2.20. The number of pyridine rings is 1. The molecule has 3 rings (SSSR count). The molecule has 154 valence electrons. The van der Waals surface area contributed by atoms with Crippen LogP contribution in [0.15, 0.2) is 46.1 Å². The van der Waals surface area contributed by atoms with Crippen molar-refractivity contribution in [1.82, 2.24) is 4.98 Å². The second-order valence-electron chi connectivity index (χ2n) is 6.23. The molecular weight excluding hydrogens is 431 g/mol. The van der Waals surface area contributed by atoms with Gasteiger partial charge >= 0.3 is 6.18 Å². The van der Waals surface area contributed by atoms with Crippen LogP contribution < -0.4 is 5.56 Å². The van der Waals surface area contributed by atoms with Gasteiger partial charge in [-0.05, 0) is 36.4 Å². The van der Waals surface area contributed by atoms with Crippen LogP contribution in [-0.2, 0) is 6.18 Å². The minimum Gasteiger partial charge on any atom is -0.507 e. The summed E-state index contributed by atoms with van der Waals surface area (Å²) in [5, 5.41) is 29.2. The molecule has 10 heteroatoms. The number of aromatic hydroxyl groups is 1. The fourth-order valence-electron chi connectivity index (χ4n) is 2.80. The molecule has 0 fully saturated rings. The summed E-state index contributed by atoms with van der Waals surface area (Å²) in [5.41, 5.74) is -1.25. The standard InChI is InChI=1S/C19H15ClF3NO4S/c20-10-2-4-15(27)13(6-10)16-12-5-9(19(21,22)23)1-3-14(12)24-18(28)17(16)29-8-11(26)7-25/h1-6,11,25-27H,7-8H2,(H,24,28)/t11-/m0/s1. The van der Waals surface area contributed by atoms with Gasteiger partial charge in [0.05, 0.1) is 23.2 Å². The van der Waals surface area contributed by atoms with E-state index in [0.717, 1.165) is 30.0 Å². The van der Waals surface area contributed by atoms with Crippen molar-refractivity contribution in [2.24, 2.45) is 0 Å². The Bertz CT molecular complexity index is 1120. The molecule has 1 aromatic heterocycles. The van der Waals surface area contributed by atoms with Gasteiger partial charge in [0.15, 0.2) is 0 Å². The molecule has 29 heavy (non-hydrogen) atoms. The minimum atomic E-state index is -4.61. The van der Waals surface area contributed by atoms with Crippen molar-refractivity contribution >= 4 is 34.3 Å². The number of hydrogen-bond donors (Lipinski definition) is 4. The van der Waals surface area contributed by atoms with Gasteiger partial charge < -0.3 is 20.3 Å². The number of phenolic OH excluding ortho intramolecular Hbond substituents is 1. The highest BCUT2D eigenvalue weighted by atomic mass is 35.5. The number of benzene rings is 2. The number of aromatic nitrogens is 1. The van der Waals surface area contributed by atoms with Crippen LogP contribution in [0.25, 0.3) is 22.0 Å². The summed E-state index contributed by atoms with van der Waals surface area (Å²) in [5.74, 6) is -0.360. The molecule has 0 aliphatic carbocycles. The first kappa shape index (κ1) is 21.5. The van der Waals surface area contributed by atoms with Gasteiger partial charge in [-0.15, -0.1) is 11.8 Å². The lowest BCUT2D eigenvalue weighted by atomic mass is 9.98. The van der Waals surface area contributed by atoms with Crippen molar-refractivity contribution in [2.45, 2.75) is 17.2 Å². The zero-order valence-corrected chi connectivity index (χ0v) is 16.2. The van der Waals surface area contributed by atoms with Crippen molar-refractivity contribution in [3.8, 4) is 16.9 Å². The van der Waals surface area contributed by atoms with E-state index in [1.807, 2.05) is 0 Å². The molecular formula is C19H15ClF3NO4S. The van der Waals surface area contributed by atoms with E-state index in [1.165, 1.54) is 18.2 Å². The average molecular weight is 446 g/mol. The third-order valence-corrected chi connectivity index (χ3v) is 5.62. The van der Waals surface area contributed by atoms with E-state index in [-0.39, 0.29) is 43.5 Å². The number of alkyl halides is 3. The summed E-state index contributed by atoms with van der Waals surface area (Å²) < 4.78 is 39.8. The lowest BCUT2D eigenvalue weighted by Crippen LogP contribution is -2.17. The molecule has 0 aliphatic rings. The van der Waals surface area contributed by atoms with Crippen LogP contribution in [-0.4, -0.2) is 38.8 Å². The molecule has 0 amide bonds. The number of rotatable bonds is 5. The Morgan fingerprint density at radius 1 is 1.17 bits per heavy atom. The monoisotopic (exact) mass is 445 g/mol. The number of aliphatic hydroxyl groups is 2. The van der Waals surface area contributed by atoms with Crippen LogP contribution in [0.2, 0.25) is 5.02 Å². The zero-order chi connectivity index (χ0) is 21.3. The smallest absolute Gasteiger partial charge is 0.416 e. The number of H-pyrrole nitrogens is 1. The van der Waals surface area contributed by atoms with Crippen LogP contribution >= 0.6 is 23.4 Å². The summed E-state index contributed by atoms with van der Waals surface area (Å²) in [7, 11) is 0. The first-order chi connectivity index (χ1) is 13.6. The number of nitrogens with one attached hydrogen (secondary N) is 1. The molecule has 0 bridgehead atoms. The Morgan fingerprint density at radius 2 is 1.90 bits per heavy atom. The highest BCUT2D eigenvalue weighted by molar-refractivity contribution is 7.99. The van der Waals surface area contributed by atoms with E-state index in [4.69, 9.17) is 16.7 Å². The van der Waals surface area contributed by atoms with Gasteiger partial charge in [0.1, 0.15) is 5.75 Å². The first-order valence-electron chi connectivity index (χ1n) is 8.29. The van der Waals surface area contributed by atoms with E-state index in [9.17, 15) is 28.2 Å². The molecule has 0 aliphatic heterocycles. The SMILES string of the molecule is O=c1[nH]c2ccc(C(F)(F)F)cc2c(-c2cc(Cl)ccc2O)c1SC[C@@H](O)CO. The molecule has 1 heterocycles. The number of thioether (sulfide) groups is 1. The number of fused-ring (bicyclic) bond motifs is 1. The lowest BCUT2D eigenvalue weighted by molar-refractivity contribution is -0.137. The number of halogens is 4. The van der Waals surface area contributed by atoms with Gasteiger partial charge in [-0.1, -0.05) is 11.6 Å². The molecule has 0 saturated carbocycles. The summed E-state index contributed by atoms with van der Waals surface area (Å²) in [6, 6.07) is 6.89. The van der Waals surface area contributed by atoms with Crippen LogP contribution in [0.4, 0.5) is 13.2 Å². The van der Waals surface area contributed by atoms with Crippen molar-refractivity contribution in [2.75, 3.05) is 12.4 Å². The van der Waals surface area contributed by atoms with Crippen LogP contribution in [0, 0.1) is 0 Å². The minimum absolute atomic E-state index is 0.0121. The summed E-state index contributed by atoms with van der Waals surface area (Å²) in [6.45, 7) is -0.547. The topological polar surface area (TPSA) is 93.6 Å². The Kier molecular flexibility index (Phi) is 6.13. The van der Waals surface area contributed by atoms with Crippen LogP contribution in [0.5, 0.6) is 5.75 Å². The molecule has 0 radical (unpaired) electrons. The Labute approximate surface area is 171 Å². The fourth-order valence-corrected chi connectivity index (χ4v) is 3.98. The Morgan fingerprint density at radius 3 is 2.55 bits per heavy atom. The van der Waals surface area contributed by atoms with E-state index >= 15 is 0 Å². The maximum atomic E-state index is 13.3. The Balaban J connectivity index is 2.37. The molecule has 4 N–H and O–H groups in total. The summed E-state index contributed by atoms with van der Waals surface area (Å²) >= 11 is 6.86. The maximum absolute atomic E-state index is 13.3. The van der Waals surface area contributed by atoms with Gasteiger partial charge in [-0.25, -0.2) is 0 Å². The lowest BCUT2D eigenvalue weighted by Gasteiger charge is -2.16. The van der Waals surface area contributed by atoms with Gasteiger partial charge in [0.2, 0.25) is 0 Å². The largest absolute Gasteiger partial charge is 0.507 e. The predicted molar refractivity (Wildman–Crippen MR) is 105 cm³/mol. The zero-order valence-electron chi connectivity index (χ0n) is 14.6. The second kappa shape index (κ2) is 8.27. The van der Waals surface area contributed by atoms with Crippen molar-refractivity contribution in [3.63, 3.8) is 0 Å². The quantitative estimate of drug-likeness (QED) is 0.445. The number of phenols is 1. The van der Waals surface area contributed by atoms with E-state index < -0.39 is 30.0 Å². The third kappa shape index (κ3) is 4.53. The van der Waals surface area contributed by atoms with E-state index in [2.05, 4.69) is 4.98 Å². The second-order valence-corrected chi connectivity index (χ2v) is 7.69. The van der Waals surface area contributed by atoms with Crippen LogP contribution in [0.1, 0.15) is 5.56 Å². The summed E-state index contributed by atoms with van der Waals surface area (Å²) in [6.07, 6.45) is -5.75. The molecule has 1 atom stereocenters. The molecule has 0 saturated heterocycles. The van der Waals surface area contributed by atoms with Crippen molar-refractivity contribution < 1.29 is 28.5 Å². The highest BCUT2D eigenvalue weighted by Crippen LogP contribution is 2.42. The molecule has 5 nitrogen and oxygen atoms in total. The van der Waals surface area contributed by atoms with Gasteiger partial charge in [0.25, 0.3) is 5.56 Å². The maximum Gasteiger partial charge on any atom is 0.416 e. The molecule has 2 aromatic carbocycles. The average Bonchev–Trinajstić information content (AvgIpc) is 2.66. The number of hydrogen-bond acceptors (Lipinski definition) is 5. The van der Waals surface area contributed by atoms with Gasteiger partial charge in [-0.2, -0.15) is 13.2 Å². The molecule has 3 aromatic rings.